The third-order valence-electron chi connectivity index (χ3n) is 3.13. The standard InChI is InChI=1S/C14H20N4O2/c1-9(2)11-5-6-12-13(15)17(7-16-18(11)12)8-20-14(19)10(3)4/h5-7,9-10,15H,8H2,1-4H3. The number of fused-ring (bicyclic) bond motifs is 1. The Morgan fingerprint density at radius 3 is 2.65 bits per heavy atom. The number of aromatic nitrogens is 3. The highest BCUT2D eigenvalue weighted by Gasteiger charge is 2.11. The normalized spacial score (nSPS) is 11.5. The van der Waals surface area contributed by atoms with E-state index in [1.807, 2.05) is 12.1 Å². The zero-order valence-electron chi connectivity index (χ0n) is 12.3. The first-order chi connectivity index (χ1) is 9.41. The second kappa shape index (κ2) is 5.48. The number of carbonyl (C=O) groups excluding carboxylic acids is 1. The van der Waals surface area contributed by atoms with Crippen molar-refractivity contribution < 1.29 is 9.53 Å². The predicted octanol–water partition coefficient (Wildman–Crippen LogP) is 1.90. The zero-order valence-corrected chi connectivity index (χ0v) is 12.3. The van der Waals surface area contributed by atoms with Crippen LogP contribution in [0.25, 0.3) is 5.52 Å². The summed E-state index contributed by atoms with van der Waals surface area (Å²) < 4.78 is 8.40. The first-order valence-electron chi connectivity index (χ1n) is 6.70. The number of nitrogens with one attached hydrogen (secondary N) is 1. The molecule has 0 unspecified atom stereocenters. The van der Waals surface area contributed by atoms with E-state index in [0.717, 1.165) is 5.69 Å². The number of rotatable bonds is 4. The van der Waals surface area contributed by atoms with E-state index in [4.69, 9.17) is 10.1 Å². The van der Waals surface area contributed by atoms with E-state index in [0.29, 0.717) is 11.4 Å². The fraction of sp³-hybridized carbons (Fsp3) is 0.500. The van der Waals surface area contributed by atoms with Crippen LogP contribution in [0.3, 0.4) is 0 Å². The van der Waals surface area contributed by atoms with Gasteiger partial charge in [0.1, 0.15) is 11.8 Å². The molecule has 0 radical (unpaired) electrons. The summed E-state index contributed by atoms with van der Waals surface area (Å²) >= 11 is 0. The second-order valence-electron chi connectivity index (χ2n) is 5.41. The number of ether oxygens (including phenoxy) is 1. The topological polar surface area (TPSA) is 72.4 Å². The number of hydrogen-bond donors (Lipinski definition) is 1. The summed E-state index contributed by atoms with van der Waals surface area (Å²) in [5.41, 5.74) is 2.04. The molecule has 0 aliphatic heterocycles. The zero-order chi connectivity index (χ0) is 14.9. The summed E-state index contributed by atoms with van der Waals surface area (Å²) in [6, 6.07) is 3.83. The van der Waals surface area contributed by atoms with E-state index in [1.54, 1.807) is 18.4 Å². The number of esters is 1. The molecule has 0 saturated heterocycles. The molecule has 0 amide bonds. The maximum Gasteiger partial charge on any atom is 0.310 e. The van der Waals surface area contributed by atoms with Crippen molar-refractivity contribution in [2.75, 3.05) is 0 Å². The average Bonchev–Trinajstić information content (AvgIpc) is 2.82. The molecular formula is C14H20N4O2. The Morgan fingerprint density at radius 1 is 1.35 bits per heavy atom. The lowest BCUT2D eigenvalue weighted by Gasteiger charge is -2.11. The molecule has 0 atom stereocenters. The van der Waals surface area contributed by atoms with Crippen molar-refractivity contribution in [1.82, 2.24) is 14.2 Å². The van der Waals surface area contributed by atoms with Gasteiger partial charge in [-0.2, -0.15) is 5.10 Å². The van der Waals surface area contributed by atoms with Gasteiger partial charge in [0.2, 0.25) is 0 Å². The molecule has 6 heteroatoms. The minimum atomic E-state index is -0.282. The van der Waals surface area contributed by atoms with Crippen molar-refractivity contribution in [3.05, 3.63) is 29.6 Å². The van der Waals surface area contributed by atoms with Crippen LogP contribution in [0.5, 0.6) is 0 Å². The van der Waals surface area contributed by atoms with Gasteiger partial charge in [0.15, 0.2) is 12.2 Å². The Morgan fingerprint density at radius 2 is 2.05 bits per heavy atom. The lowest BCUT2D eigenvalue weighted by Crippen LogP contribution is -2.26. The average molecular weight is 276 g/mol. The van der Waals surface area contributed by atoms with Gasteiger partial charge >= 0.3 is 5.97 Å². The third-order valence-corrected chi connectivity index (χ3v) is 3.13. The monoisotopic (exact) mass is 276 g/mol. The molecule has 0 aromatic carbocycles. The molecule has 0 aliphatic carbocycles. The Labute approximate surface area is 117 Å². The minimum absolute atomic E-state index is 0.0154. The quantitative estimate of drug-likeness (QED) is 0.867. The molecule has 0 aliphatic rings. The van der Waals surface area contributed by atoms with Gasteiger partial charge in [0.05, 0.1) is 5.92 Å². The number of hydrogen-bond acceptors (Lipinski definition) is 4. The summed E-state index contributed by atoms with van der Waals surface area (Å²) in [5.74, 6) is -0.128. The Hall–Kier alpha value is -2.11. The van der Waals surface area contributed by atoms with E-state index >= 15 is 0 Å². The predicted molar refractivity (Wildman–Crippen MR) is 74.1 cm³/mol. The van der Waals surface area contributed by atoms with Crippen LogP contribution in [0, 0.1) is 11.3 Å². The van der Waals surface area contributed by atoms with Crippen LogP contribution < -0.4 is 5.49 Å². The van der Waals surface area contributed by atoms with E-state index in [2.05, 4.69) is 18.9 Å². The summed E-state index contributed by atoms with van der Waals surface area (Å²) in [7, 11) is 0. The molecule has 0 saturated carbocycles. The largest absolute Gasteiger partial charge is 0.444 e. The summed E-state index contributed by atoms with van der Waals surface area (Å²) in [6.45, 7) is 7.73. The van der Waals surface area contributed by atoms with Crippen molar-refractivity contribution in [3.8, 4) is 0 Å². The van der Waals surface area contributed by atoms with Gasteiger partial charge in [-0.25, -0.2) is 4.52 Å². The highest BCUT2D eigenvalue weighted by molar-refractivity contribution is 5.71. The fourth-order valence-electron chi connectivity index (χ4n) is 1.91. The molecule has 2 rings (SSSR count). The van der Waals surface area contributed by atoms with Crippen molar-refractivity contribution in [2.24, 2.45) is 5.92 Å². The summed E-state index contributed by atoms with van der Waals surface area (Å²) in [5, 5.41) is 12.5. The fourth-order valence-corrected chi connectivity index (χ4v) is 1.91. The molecule has 20 heavy (non-hydrogen) atoms. The SMILES string of the molecule is CC(C)C(=O)OCn1cnn2c(C(C)C)ccc2c1=N. The smallest absolute Gasteiger partial charge is 0.310 e. The molecule has 1 N–H and O–H groups in total. The molecule has 108 valence electrons. The van der Waals surface area contributed by atoms with Crippen LogP contribution in [0.1, 0.15) is 39.3 Å². The second-order valence-corrected chi connectivity index (χ2v) is 5.41. The number of carbonyl (C=O) groups is 1. The van der Waals surface area contributed by atoms with Crippen LogP contribution in [0.2, 0.25) is 0 Å². The maximum absolute atomic E-state index is 11.5. The number of nitrogens with zero attached hydrogens (tertiary/aromatic N) is 3. The van der Waals surface area contributed by atoms with Crippen LogP contribution in [0.4, 0.5) is 0 Å². The maximum atomic E-state index is 11.5. The molecule has 0 spiro atoms. The van der Waals surface area contributed by atoms with Crippen molar-refractivity contribution >= 4 is 11.5 Å². The Kier molecular flexibility index (Phi) is 3.92. The van der Waals surface area contributed by atoms with Gasteiger partial charge in [0, 0.05) is 5.69 Å². The summed E-state index contributed by atoms with van der Waals surface area (Å²) in [4.78, 5) is 11.5. The summed E-state index contributed by atoms with van der Waals surface area (Å²) in [6.07, 6.45) is 1.52. The van der Waals surface area contributed by atoms with E-state index in [-0.39, 0.29) is 24.1 Å². The van der Waals surface area contributed by atoms with Crippen LogP contribution in [-0.4, -0.2) is 20.2 Å². The molecular weight excluding hydrogens is 256 g/mol. The van der Waals surface area contributed by atoms with Crippen LogP contribution in [-0.2, 0) is 16.3 Å². The highest BCUT2D eigenvalue weighted by atomic mass is 16.5. The molecule has 2 heterocycles. The van der Waals surface area contributed by atoms with Gasteiger partial charge < -0.3 is 4.74 Å². The minimum Gasteiger partial charge on any atom is -0.444 e. The van der Waals surface area contributed by atoms with Gasteiger partial charge in [-0.05, 0) is 18.1 Å². The van der Waals surface area contributed by atoms with E-state index < -0.39 is 0 Å². The van der Waals surface area contributed by atoms with Gasteiger partial charge in [-0.15, -0.1) is 0 Å². The van der Waals surface area contributed by atoms with Gasteiger partial charge in [-0.1, -0.05) is 27.7 Å². The molecule has 0 bridgehead atoms. The van der Waals surface area contributed by atoms with Crippen molar-refractivity contribution in [2.45, 2.75) is 40.3 Å². The molecule has 0 fully saturated rings. The van der Waals surface area contributed by atoms with Crippen LogP contribution >= 0.6 is 0 Å². The molecule has 2 aromatic rings. The lowest BCUT2D eigenvalue weighted by atomic mass is 10.1. The van der Waals surface area contributed by atoms with E-state index in [9.17, 15) is 4.79 Å². The molecule has 6 nitrogen and oxygen atoms in total. The van der Waals surface area contributed by atoms with Crippen LogP contribution in [0.15, 0.2) is 18.5 Å². The van der Waals surface area contributed by atoms with E-state index in [1.165, 1.54) is 10.9 Å². The van der Waals surface area contributed by atoms with Gasteiger partial charge in [0.25, 0.3) is 0 Å². The van der Waals surface area contributed by atoms with Crippen molar-refractivity contribution in [1.29, 1.82) is 5.41 Å². The first-order valence-corrected chi connectivity index (χ1v) is 6.70. The molecule has 2 aromatic heterocycles. The highest BCUT2D eigenvalue weighted by Crippen LogP contribution is 2.15. The third kappa shape index (κ3) is 2.59. The van der Waals surface area contributed by atoms with Crippen molar-refractivity contribution in [3.63, 3.8) is 0 Å². The van der Waals surface area contributed by atoms with Gasteiger partial charge in [-0.3, -0.25) is 14.8 Å². The first kappa shape index (κ1) is 14.3. The Balaban J connectivity index is 2.31. The Bertz CT molecular complexity index is 682. The lowest BCUT2D eigenvalue weighted by molar-refractivity contribution is -0.151.